The molecule has 3 nitrogen and oxygen atoms in total. The third kappa shape index (κ3) is 2.05. The van der Waals surface area contributed by atoms with E-state index < -0.39 is 0 Å². The Hall–Kier alpha value is -1.32. The lowest BCUT2D eigenvalue weighted by Gasteiger charge is -2.18. The quantitative estimate of drug-likeness (QED) is 0.584. The van der Waals surface area contributed by atoms with Crippen LogP contribution in [0.1, 0.15) is 19.8 Å². The summed E-state index contributed by atoms with van der Waals surface area (Å²) in [5, 5.41) is 0.801. The Balaban J connectivity index is 2.00. The number of rotatable bonds is 1. The van der Waals surface area contributed by atoms with Crippen molar-refractivity contribution in [3.63, 3.8) is 0 Å². The van der Waals surface area contributed by atoms with Crippen molar-refractivity contribution in [2.75, 3.05) is 4.90 Å². The molecule has 20 heavy (non-hydrogen) atoms. The molecule has 0 bridgehead atoms. The molecule has 5 heteroatoms. The summed E-state index contributed by atoms with van der Waals surface area (Å²) >= 11 is 12.0. The number of nitrogens with zero attached hydrogens (tertiary/aromatic N) is 1. The lowest BCUT2D eigenvalue weighted by Crippen LogP contribution is -2.31. The molecule has 0 radical (unpaired) electrons. The molecule has 0 aromatic heterocycles. The Labute approximate surface area is 127 Å². The van der Waals surface area contributed by atoms with Crippen LogP contribution in [0.3, 0.4) is 0 Å². The molecular weight excluding hydrogens is 297 g/mol. The highest BCUT2D eigenvalue weighted by molar-refractivity contribution is 6.38. The van der Waals surface area contributed by atoms with E-state index in [-0.39, 0.29) is 23.7 Å². The molecule has 2 aliphatic rings. The average molecular weight is 310 g/mol. The second-order valence-electron chi connectivity index (χ2n) is 5.31. The first-order chi connectivity index (χ1) is 9.49. The van der Waals surface area contributed by atoms with Gasteiger partial charge in [-0.3, -0.25) is 9.59 Å². The van der Waals surface area contributed by atoms with Crippen LogP contribution in [-0.4, -0.2) is 11.8 Å². The number of fused-ring (bicyclic) bond motifs is 1. The largest absolute Gasteiger partial charge is 0.274 e. The highest BCUT2D eigenvalue weighted by Gasteiger charge is 2.49. The summed E-state index contributed by atoms with van der Waals surface area (Å²) in [6.45, 7) is 1.99. The zero-order chi connectivity index (χ0) is 14.4. The van der Waals surface area contributed by atoms with Gasteiger partial charge in [0.05, 0.1) is 22.5 Å². The third-order valence-corrected chi connectivity index (χ3v) is 4.51. The third-order valence-electron chi connectivity index (χ3n) is 3.97. The van der Waals surface area contributed by atoms with E-state index in [2.05, 4.69) is 0 Å². The molecular formula is C15H13Cl2NO2. The van der Waals surface area contributed by atoms with Crippen molar-refractivity contribution in [1.29, 1.82) is 0 Å². The van der Waals surface area contributed by atoms with Crippen molar-refractivity contribution in [3.05, 3.63) is 39.9 Å². The van der Waals surface area contributed by atoms with Crippen LogP contribution < -0.4 is 4.90 Å². The van der Waals surface area contributed by atoms with Gasteiger partial charge in [-0.2, -0.15) is 0 Å². The van der Waals surface area contributed by atoms with Crippen molar-refractivity contribution in [2.45, 2.75) is 19.8 Å². The van der Waals surface area contributed by atoms with Crippen molar-refractivity contribution in [1.82, 2.24) is 0 Å². The molecule has 2 atom stereocenters. The standard InChI is InChI=1S/C15H13Cl2NO2/c1-8-2-4-10-11(6-8)15(20)18(14(10)19)13-5-3-9(16)7-12(13)17/h2-3,5,7,10-11H,4,6H2,1H3/t10-,11-/m0/s1. The van der Waals surface area contributed by atoms with Gasteiger partial charge in [-0.05, 0) is 38.0 Å². The number of imide groups is 1. The second-order valence-corrected chi connectivity index (χ2v) is 6.15. The summed E-state index contributed by atoms with van der Waals surface area (Å²) in [5.74, 6) is -0.818. The van der Waals surface area contributed by atoms with Gasteiger partial charge < -0.3 is 0 Å². The predicted octanol–water partition coefficient (Wildman–Crippen LogP) is 3.84. The Morgan fingerprint density at radius 1 is 1.15 bits per heavy atom. The van der Waals surface area contributed by atoms with Gasteiger partial charge >= 0.3 is 0 Å². The number of hydrogen-bond acceptors (Lipinski definition) is 2. The van der Waals surface area contributed by atoms with E-state index in [1.807, 2.05) is 13.0 Å². The van der Waals surface area contributed by atoms with E-state index in [0.29, 0.717) is 28.6 Å². The van der Waals surface area contributed by atoms with Crippen molar-refractivity contribution in [2.24, 2.45) is 11.8 Å². The highest BCUT2D eigenvalue weighted by atomic mass is 35.5. The minimum absolute atomic E-state index is 0.156. The van der Waals surface area contributed by atoms with Crippen LogP contribution in [0.2, 0.25) is 10.0 Å². The van der Waals surface area contributed by atoms with Gasteiger partial charge in [-0.25, -0.2) is 4.90 Å². The number of halogens is 2. The first-order valence-corrected chi connectivity index (χ1v) is 7.23. The van der Waals surface area contributed by atoms with E-state index in [0.717, 1.165) is 5.57 Å². The van der Waals surface area contributed by atoms with E-state index in [4.69, 9.17) is 23.2 Å². The van der Waals surface area contributed by atoms with E-state index >= 15 is 0 Å². The number of hydrogen-bond donors (Lipinski definition) is 0. The number of carbonyl (C=O) groups is 2. The maximum absolute atomic E-state index is 12.5. The van der Waals surface area contributed by atoms with E-state index in [1.165, 1.54) is 4.90 Å². The van der Waals surface area contributed by atoms with Crippen LogP contribution in [-0.2, 0) is 9.59 Å². The van der Waals surface area contributed by atoms with E-state index in [9.17, 15) is 9.59 Å². The Morgan fingerprint density at radius 3 is 2.55 bits per heavy atom. The molecule has 1 aromatic carbocycles. The first kappa shape index (κ1) is 13.7. The summed E-state index contributed by atoms with van der Waals surface area (Å²) in [4.78, 5) is 26.2. The fourth-order valence-corrected chi connectivity index (χ4v) is 3.43. The number of carbonyl (C=O) groups excluding carboxylic acids is 2. The number of benzene rings is 1. The van der Waals surface area contributed by atoms with Crippen LogP contribution in [0.4, 0.5) is 5.69 Å². The average Bonchev–Trinajstić information content (AvgIpc) is 2.63. The molecule has 0 spiro atoms. The normalized spacial score (nSPS) is 25.8. The molecule has 0 N–H and O–H groups in total. The summed E-state index contributed by atoms with van der Waals surface area (Å²) < 4.78 is 0. The molecule has 0 saturated carbocycles. The lowest BCUT2D eigenvalue weighted by atomic mass is 9.82. The molecule has 1 aromatic rings. The highest BCUT2D eigenvalue weighted by Crippen LogP contribution is 2.41. The van der Waals surface area contributed by atoms with Gasteiger partial charge in [-0.15, -0.1) is 0 Å². The minimum atomic E-state index is -0.252. The van der Waals surface area contributed by atoms with Crippen LogP contribution in [0.15, 0.2) is 29.8 Å². The fourth-order valence-electron chi connectivity index (χ4n) is 2.94. The predicted molar refractivity (Wildman–Crippen MR) is 78.9 cm³/mol. The van der Waals surface area contributed by atoms with Gasteiger partial charge in [0, 0.05) is 5.02 Å². The van der Waals surface area contributed by atoms with Crippen LogP contribution in [0, 0.1) is 11.8 Å². The van der Waals surface area contributed by atoms with Crippen molar-refractivity contribution >= 4 is 40.7 Å². The van der Waals surface area contributed by atoms with Crippen LogP contribution in [0.25, 0.3) is 0 Å². The molecule has 0 unspecified atom stereocenters. The molecule has 1 fully saturated rings. The summed E-state index contributed by atoms with van der Waals surface area (Å²) in [5.41, 5.74) is 1.59. The Morgan fingerprint density at radius 2 is 1.85 bits per heavy atom. The van der Waals surface area contributed by atoms with E-state index in [1.54, 1.807) is 18.2 Å². The van der Waals surface area contributed by atoms with Crippen molar-refractivity contribution < 1.29 is 9.59 Å². The van der Waals surface area contributed by atoms with Gasteiger partial charge in [0.1, 0.15) is 0 Å². The SMILES string of the molecule is CC1=CC[C@@H]2C(=O)N(c3ccc(Cl)cc3Cl)C(=O)[C@H]2C1. The van der Waals surface area contributed by atoms with Crippen molar-refractivity contribution in [3.8, 4) is 0 Å². The second kappa shape index (κ2) is 4.90. The van der Waals surface area contributed by atoms with Gasteiger partial charge in [0.2, 0.25) is 11.8 Å². The number of anilines is 1. The Kier molecular flexibility index (Phi) is 3.35. The van der Waals surface area contributed by atoms with Gasteiger partial charge in [-0.1, -0.05) is 34.9 Å². The molecule has 3 rings (SSSR count). The lowest BCUT2D eigenvalue weighted by molar-refractivity contribution is -0.122. The molecule has 1 aliphatic heterocycles. The topological polar surface area (TPSA) is 37.4 Å². The zero-order valence-corrected chi connectivity index (χ0v) is 12.4. The van der Waals surface area contributed by atoms with Crippen LogP contribution in [0.5, 0.6) is 0 Å². The number of amides is 2. The zero-order valence-electron chi connectivity index (χ0n) is 10.9. The first-order valence-electron chi connectivity index (χ1n) is 6.47. The minimum Gasteiger partial charge on any atom is -0.274 e. The molecule has 1 heterocycles. The molecule has 2 amide bonds. The summed E-state index contributed by atoms with van der Waals surface area (Å²) in [6, 6.07) is 4.80. The number of allylic oxidation sites excluding steroid dienone is 2. The smallest absolute Gasteiger partial charge is 0.238 e. The monoisotopic (exact) mass is 309 g/mol. The molecule has 1 saturated heterocycles. The maximum atomic E-state index is 12.5. The van der Waals surface area contributed by atoms with Gasteiger partial charge in [0.15, 0.2) is 0 Å². The van der Waals surface area contributed by atoms with Gasteiger partial charge in [0.25, 0.3) is 0 Å². The molecule has 104 valence electrons. The van der Waals surface area contributed by atoms with Crippen LogP contribution >= 0.6 is 23.2 Å². The summed E-state index contributed by atoms with van der Waals surface area (Å²) in [7, 11) is 0. The maximum Gasteiger partial charge on any atom is 0.238 e. The Bertz CT molecular complexity index is 639. The fraction of sp³-hybridized carbons (Fsp3) is 0.333. The summed E-state index contributed by atoms with van der Waals surface area (Å²) in [6.07, 6.45) is 3.32. The molecule has 1 aliphatic carbocycles.